The van der Waals surface area contributed by atoms with Crippen molar-refractivity contribution in [2.75, 3.05) is 13.3 Å². The van der Waals surface area contributed by atoms with Crippen LogP contribution in [-0.4, -0.2) is 38.4 Å². The van der Waals surface area contributed by atoms with E-state index in [4.69, 9.17) is 9.47 Å². The molecule has 152 valence electrons. The first kappa shape index (κ1) is 19.7. The molecule has 7 heteroatoms. The van der Waals surface area contributed by atoms with Gasteiger partial charge in [-0.15, -0.1) is 0 Å². The SMILES string of the molecule is Cc1ccc(S(=O)(=O)N(CC=O)[C@@H]2CCCC=C2c2ccc3c(c2)OCO3)cc1. The van der Waals surface area contributed by atoms with Gasteiger partial charge in [0.25, 0.3) is 0 Å². The van der Waals surface area contributed by atoms with Crippen LogP contribution in [0.2, 0.25) is 0 Å². The highest BCUT2D eigenvalue weighted by molar-refractivity contribution is 7.89. The van der Waals surface area contributed by atoms with Crippen LogP contribution in [0.5, 0.6) is 11.5 Å². The number of rotatable bonds is 6. The monoisotopic (exact) mass is 413 g/mol. The minimum Gasteiger partial charge on any atom is -0.454 e. The van der Waals surface area contributed by atoms with E-state index in [0.717, 1.165) is 29.5 Å². The van der Waals surface area contributed by atoms with E-state index in [1.807, 2.05) is 25.1 Å². The maximum atomic E-state index is 13.4. The lowest BCUT2D eigenvalue weighted by Gasteiger charge is -2.34. The fraction of sp³-hybridized carbons (Fsp3) is 0.318. The minimum absolute atomic E-state index is 0.181. The molecule has 29 heavy (non-hydrogen) atoms. The van der Waals surface area contributed by atoms with Gasteiger partial charge in [0.05, 0.1) is 17.5 Å². The smallest absolute Gasteiger partial charge is 0.244 e. The lowest BCUT2D eigenvalue weighted by molar-refractivity contribution is -0.108. The van der Waals surface area contributed by atoms with Crippen LogP contribution in [0.25, 0.3) is 5.57 Å². The van der Waals surface area contributed by atoms with Crippen molar-refractivity contribution in [3.63, 3.8) is 0 Å². The average molecular weight is 413 g/mol. The van der Waals surface area contributed by atoms with Crippen LogP contribution >= 0.6 is 0 Å². The first-order valence-electron chi connectivity index (χ1n) is 9.63. The fourth-order valence-electron chi connectivity index (χ4n) is 3.86. The second-order valence-electron chi connectivity index (χ2n) is 7.23. The molecule has 0 bridgehead atoms. The molecule has 2 aromatic carbocycles. The van der Waals surface area contributed by atoms with Crippen LogP contribution in [0.1, 0.15) is 30.4 Å². The Morgan fingerprint density at radius 2 is 1.86 bits per heavy atom. The maximum Gasteiger partial charge on any atom is 0.244 e. The minimum atomic E-state index is -3.83. The van der Waals surface area contributed by atoms with Gasteiger partial charge in [0.15, 0.2) is 11.5 Å². The number of fused-ring (bicyclic) bond motifs is 1. The molecule has 2 aromatic rings. The van der Waals surface area contributed by atoms with Crippen LogP contribution in [0.15, 0.2) is 53.4 Å². The first-order valence-corrected chi connectivity index (χ1v) is 11.1. The molecule has 0 unspecified atom stereocenters. The highest BCUT2D eigenvalue weighted by atomic mass is 32.2. The highest BCUT2D eigenvalue weighted by Gasteiger charge is 2.35. The predicted octanol–water partition coefficient (Wildman–Crippen LogP) is 3.55. The molecule has 4 rings (SSSR count). The number of sulfonamides is 1. The number of hydrogen-bond acceptors (Lipinski definition) is 5. The number of ether oxygens (including phenoxy) is 2. The van der Waals surface area contributed by atoms with Crippen molar-refractivity contribution < 1.29 is 22.7 Å². The number of hydrogen-bond donors (Lipinski definition) is 0. The molecule has 0 fully saturated rings. The second kappa shape index (κ2) is 8.00. The zero-order valence-corrected chi connectivity index (χ0v) is 17.0. The Morgan fingerprint density at radius 3 is 2.62 bits per heavy atom. The Bertz CT molecular complexity index is 1040. The van der Waals surface area contributed by atoms with E-state index in [-0.39, 0.29) is 18.2 Å². The number of carbonyl (C=O) groups is 1. The molecule has 0 aromatic heterocycles. The molecule has 0 spiro atoms. The lowest BCUT2D eigenvalue weighted by atomic mass is 9.89. The zero-order chi connectivity index (χ0) is 20.4. The summed E-state index contributed by atoms with van der Waals surface area (Å²) >= 11 is 0. The van der Waals surface area contributed by atoms with Crippen molar-refractivity contribution >= 4 is 21.9 Å². The summed E-state index contributed by atoms with van der Waals surface area (Å²) in [5, 5.41) is 0. The number of nitrogens with zero attached hydrogens (tertiary/aromatic N) is 1. The summed E-state index contributed by atoms with van der Waals surface area (Å²) in [6.45, 7) is 1.89. The van der Waals surface area contributed by atoms with Gasteiger partial charge in [-0.05, 0) is 61.6 Å². The van der Waals surface area contributed by atoms with E-state index in [9.17, 15) is 13.2 Å². The zero-order valence-electron chi connectivity index (χ0n) is 16.2. The molecule has 1 heterocycles. The van der Waals surface area contributed by atoms with Gasteiger partial charge in [-0.2, -0.15) is 4.31 Å². The van der Waals surface area contributed by atoms with Crippen molar-refractivity contribution in [1.29, 1.82) is 0 Å². The predicted molar refractivity (Wildman–Crippen MR) is 109 cm³/mol. The van der Waals surface area contributed by atoms with E-state index in [1.165, 1.54) is 4.31 Å². The summed E-state index contributed by atoms with van der Waals surface area (Å²) in [4.78, 5) is 11.6. The van der Waals surface area contributed by atoms with Gasteiger partial charge in [-0.3, -0.25) is 0 Å². The summed E-state index contributed by atoms with van der Waals surface area (Å²) in [6.07, 6.45) is 5.09. The molecule has 0 amide bonds. The topological polar surface area (TPSA) is 72.9 Å². The molecule has 0 saturated carbocycles. The lowest BCUT2D eigenvalue weighted by Crippen LogP contribution is -2.43. The van der Waals surface area contributed by atoms with Crippen LogP contribution in [0, 0.1) is 6.92 Å². The summed E-state index contributed by atoms with van der Waals surface area (Å²) < 4.78 is 39.0. The van der Waals surface area contributed by atoms with Crippen molar-refractivity contribution in [3.8, 4) is 11.5 Å². The van der Waals surface area contributed by atoms with Crippen LogP contribution in [0.4, 0.5) is 0 Å². The maximum absolute atomic E-state index is 13.4. The Hall–Kier alpha value is -2.64. The average Bonchev–Trinajstić information content (AvgIpc) is 3.20. The number of aldehydes is 1. The van der Waals surface area contributed by atoms with Gasteiger partial charge >= 0.3 is 0 Å². The molecule has 1 atom stereocenters. The normalized spacial score (nSPS) is 18.6. The standard InChI is InChI=1S/C22H23NO5S/c1-16-6-9-18(10-7-16)29(25,26)23(12-13-24)20-5-3-2-4-19(20)17-8-11-21-22(14-17)28-15-27-21/h4,6-11,13-14,20H,2-3,5,12,15H2,1H3/t20-/m1/s1. The van der Waals surface area contributed by atoms with E-state index in [2.05, 4.69) is 6.08 Å². The summed E-state index contributed by atoms with van der Waals surface area (Å²) in [7, 11) is -3.83. The molecule has 1 aliphatic carbocycles. The first-order chi connectivity index (χ1) is 14.0. The number of carbonyl (C=O) groups excluding carboxylic acids is 1. The molecule has 2 aliphatic rings. The van der Waals surface area contributed by atoms with E-state index >= 15 is 0 Å². The molecule has 6 nitrogen and oxygen atoms in total. The highest BCUT2D eigenvalue weighted by Crippen LogP contribution is 2.39. The number of allylic oxidation sites excluding steroid dienone is 1. The molecular weight excluding hydrogens is 390 g/mol. The second-order valence-corrected chi connectivity index (χ2v) is 9.12. The van der Waals surface area contributed by atoms with E-state index in [1.54, 1.807) is 24.3 Å². The fourth-order valence-corrected chi connectivity index (χ4v) is 5.42. The van der Waals surface area contributed by atoms with Gasteiger partial charge in [0, 0.05) is 0 Å². The van der Waals surface area contributed by atoms with Gasteiger partial charge in [0.1, 0.15) is 6.29 Å². The van der Waals surface area contributed by atoms with Crippen molar-refractivity contribution in [2.45, 2.75) is 37.1 Å². The van der Waals surface area contributed by atoms with Gasteiger partial charge in [0.2, 0.25) is 16.8 Å². The van der Waals surface area contributed by atoms with Gasteiger partial charge in [-0.25, -0.2) is 8.42 Å². The Balaban J connectivity index is 1.73. The van der Waals surface area contributed by atoms with Crippen molar-refractivity contribution in [1.82, 2.24) is 4.31 Å². The quantitative estimate of drug-likeness (QED) is 0.677. The molecule has 0 saturated heterocycles. The third-order valence-electron chi connectivity index (χ3n) is 5.34. The number of aryl methyl sites for hydroxylation is 1. The van der Waals surface area contributed by atoms with Crippen molar-refractivity contribution in [2.24, 2.45) is 0 Å². The summed E-state index contributed by atoms with van der Waals surface area (Å²) in [5.41, 5.74) is 2.76. The Kier molecular flexibility index (Phi) is 5.43. The van der Waals surface area contributed by atoms with Crippen LogP contribution in [0.3, 0.4) is 0 Å². The Morgan fingerprint density at radius 1 is 1.10 bits per heavy atom. The largest absolute Gasteiger partial charge is 0.454 e. The molecule has 0 radical (unpaired) electrons. The summed E-state index contributed by atoms with van der Waals surface area (Å²) in [5.74, 6) is 1.33. The van der Waals surface area contributed by atoms with Crippen LogP contribution < -0.4 is 9.47 Å². The van der Waals surface area contributed by atoms with Crippen molar-refractivity contribution in [3.05, 3.63) is 59.7 Å². The molecule has 1 aliphatic heterocycles. The van der Waals surface area contributed by atoms with Gasteiger partial charge in [-0.1, -0.05) is 29.8 Å². The third kappa shape index (κ3) is 3.80. The third-order valence-corrected chi connectivity index (χ3v) is 7.23. The van der Waals surface area contributed by atoms with Gasteiger partial charge < -0.3 is 14.3 Å². The number of benzene rings is 2. The Labute approximate surface area is 170 Å². The van der Waals surface area contributed by atoms with Crippen LogP contribution in [-0.2, 0) is 14.8 Å². The van der Waals surface area contributed by atoms with E-state index < -0.39 is 16.1 Å². The summed E-state index contributed by atoms with van der Waals surface area (Å²) in [6, 6.07) is 11.9. The van der Waals surface area contributed by atoms with E-state index in [0.29, 0.717) is 24.2 Å². The molecular formula is C22H23NO5S. The molecule has 0 N–H and O–H groups in total.